The molecule has 0 saturated heterocycles. The number of nitrogens with two attached hydrogens (primary N) is 1. The van der Waals surface area contributed by atoms with Gasteiger partial charge in [0, 0.05) is 6.61 Å². The number of halogens is 1. The Hall–Kier alpha value is -3.29. The van der Waals surface area contributed by atoms with Crippen molar-refractivity contribution in [1.82, 2.24) is 24.6 Å². The first kappa shape index (κ1) is 33.2. The van der Waals surface area contributed by atoms with Gasteiger partial charge in [0.05, 0.1) is 43.9 Å². The predicted molar refractivity (Wildman–Crippen MR) is 153 cm³/mol. The van der Waals surface area contributed by atoms with Crippen LogP contribution in [0.15, 0.2) is 30.9 Å². The van der Waals surface area contributed by atoms with Crippen LogP contribution >= 0.6 is 7.52 Å². The minimum absolute atomic E-state index is 0.0674. The quantitative estimate of drug-likeness (QED) is 0.0983. The van der Waals surface area contributed by atoms with Crippen LogP contribution in [-0.2, 0) is 41.2 Å². The Labute approximate surface area is 243 Å². The van der Waals surface area contributed by atoms with Crippen molar-refractivity contribution >= 4 is 36.8 Å². The Morgan fingerprint density at radius 1 is 1.26 bits per heavy atom. The summed E-state index contributed by atoms with van der Waals surface area (Å²) in [5, 5.41) is 2.80. The highest BCUT2D eigenvalue weighted by atomic mass is 31.2. The lowest BCUT2D eigenvalue weighted by atomic mass is 10.1. The monoisotopic (exact) mass is 608 g/mol. The molecule has 0 radical (unpaired) electrons. The molecule has 0 spiro atoms. The van der Waals surface area contributed by atoms with Gasteiger partial charge in [-0.25, -0.2) is 29.2 Å². The maximum absolute atomic E-state index is 14.2. The summed E-state index contributed by atoms with van der Waals surface area (Å²) in [6.07, 6.45) is 2.79. The van der Waals surface area contributed by atoms with E-state index in [-0.39, 0.29) is 36.7 Å². The molecule has 3 atom stereocenters. The Balaban J connectivity index is 1.81. The van der Waals surface area contributed by atoms with E-state index in [1.807, 2.05) is 6.92 Å². The van der Waals surface area contributed by atoms with Crippen molar-refractivity contribution in [2.45, 2.75) is 71.9 Å². The molecule has 230 valence electrons. The van der Waals surface area contributed by atoms with Gasteiger partial charge in [0.1, 0.15) is 35.8 Å². The summed E-state index contributed by atoms with van der Waals surface area (Å²) in [4.78, 5) is 37.1. The molecule has 3 aromatic rings. The molecular formula is C27H38FN6O7P. The minimum Gasteiger partial charge on any atom is -0.459 e. The van der Waals surface area contributed by atoms with Gasteiger partial charge in [-0.05, 0) is 51.8 Å². The molecule has 42 heavy (non-hydrogen) atoms. The smallest absolute Gasteiger partial charge is 0.338 e. The second-order valence-corrected chi connectivity index (χ2v) is 12.4. The van der Waals surface area contributed by atoms with Gasteiger partial charge >= 0.3 is 5.97 Å². The Morgan fingerprint density at radius 2 is 2.02 bits per heavy atom. The topological polar surface area (TPSA) is 170 Å². The normalized spacial score (nSPS) is 15.3. The summed E-state index contributed by atoms with van der Waals surface area (Å²) < 4.78 is 52.4. The Morgan fingerprint density at radius 3 is 2.71 bits per heavy atom. The van der Waals surface area contributed by atoms with E-state index in [0.29, 0.717) is 24.1 Å². The van der Waals surface area contributed by atoms with E-state index in [1.54, 1.807) is 31.7 Å². The van der Waals surface area contributed by atoms with Crippen LogP contribution in [-0.4, -0.2) is 69.1 Å². The molecule has 3 N–H and O–H groups in total. The number of nitrogen functional groups attached to an aromatic ring is 1. The first-order chi connectivity index (χ1) is 19.9. The molecule has 15 heteroatoms. The third-order valence-electron chi connectivity index (χ3n) is 5.91. The molecule has 0 amide bonds. The van der Waals surface area contributed by atoms with Gasteiger partial charge < -0.3 is 33.8 Å². The molecule has 1 aromatic carbocycles. The molecule has 2 aromatic heterocycles. The van der Waals surface area contributed by atoms with Crippen molar-refractivity contribution in [2.75, 3.05) is 25.3 Å². The number of carbonyl (C=O) groups is 2. The van der Waals surface area contributed by atoms with Crippen LogP contribution in [0.3, 0.4) is 0 Å². The molecule has 0 fully saturated rings. The zero-order chi connectivity index (χ0) is 30.9. The van der Waals surface area contributed by atoms with Crippen molar-refractivity contribution in [3.8, 4) is 0 Å². The summed E-state index contributed by atoms with van der Waals surface area (Å²) in [7, 11) is -3.96. The van der Waals surface area contributed by atoms with E-state index >= 15 is 0 Å². The maximum atomic E-state index is 14.2. The van der Waals surface area contributed by atoms with Gasteiger partial charge in [-0.1, -0.05) is 13.0 Å². The summed E-state index contributed by atoms with van der Waals surface area (Å²) in [6.45, 7) is 8.77. The van der Waals surface area contributed by atoms with Crippen LogP contribution in [0, 0.1) is 5.82 Å². The number of aromatic nitrogens is 4. The number of fused-ring (bicyclic) bond motifs is 1. The average Bonchev–Trinajstić information content (AvgIpc) is 3.35. The average molecular weight is 609 g/mol. The summed E-state index contributed by atoms with van der Waals surface area (Å²) in [5.41, 5.74) is 5.62. The zero-order valence-electron chi connectivity index (χ0n) is 24.4. The maximum Gasteiger partial charge on any atom is 0.338 e. The van der Waals surface area contributed by atoms with E-state index in [9.17, 15) is 18.5 Å². The number of rotatable bonds is 17. The largest absolute Gasteiger partial charge is 0.459 e. The van der Waals surface area contributed by atoms with Gasteiger partial charge in [-0.3, -0.25) is 4.57 Å². The SMILES string of the molecule is CCCOCC(C)(C=O)N[P@](=O)(CO[C@H](C)Cn1cnc2c(N)ncnc21)OCc1ccc(F)cc1C(=O)OC(C)C. The first-order valence-electron chi connectivity index (χ1n) is 13.5. The molecule has 0 aliphatic rings. The number of benzene rings is 1. The summed E-state index contributed by atoms with van der Waals surface area (Å²) in [6, 6.07) is 3.53. The van der Waals surface area contributed by atoms with Gasteiger partial charge in [0.15, 0.2) is 11.5 Å². The number of hydrogen-bond donors (Lipinski definition) is 2. The molecule has 1 unspecified atom stereocenters. The summed E-state index contributed by atoms with van der Waals surface area (Å²) >= 11 is 0. The fraction of sp³-hybridized carbons (Fsp3) is 0.519. The highest BCUT2D eigenvalue weighted by molar-refractivity contribution is 7.56. The minimum atomic E-state index is -3.96. The van der Waals surface area contributed by atoms with Crippen molar-refractivity contribution in [1.29, 1.82) is 0 Å². The van der Waals surface area contributed by atoms with Crippen LogP contribution in [0.1, 0.15) is 57.0 Å². The van der Waals surface area contributed by atoms with Crippen molar-refractivity contribution in [3.63, 3.8) is 0 Å². The van der Waals surface area contributed by atoms with Crippen LogP contribution < -0.4 is 10.8 Å². The lowest BCUT2D eigenvalue weighted by Crippen LogP contribution is -2.47. The van der Waals surface area contributed by atoms with Crippen LogP contribution in [0.25, 0.3) is 11.2 Å². The van der Waals surface area contributed by atoms with E-state index in [0.717, 1.165) is 18.6 Å². The molecule has 0 bridgehead atoms. The van der Waals surface area contributed by atoms with E-state index in [4.69, 9.17) is 24.5 Å². The van der Waals surface area contributed by atoms with Crippen LogP contribution in [0.4, 0.5) is 10.2 Å². The lowest BCUT2D eigenvalue weighted by Gasteiger charge is -2.31. The molecule has 0 aliphatic heterocycles. The van der Waals surface area contributed by atoms with E-state index < -0.39 is 43.4 Å². The second kappa shape index (κ2) is 14.7. The van der Waals surface area contributed by atoms with Crippen molar-refractivity contribution in [2.24, 2.45) is 0 Å². The Kier molecular flexibility index (Phi) is 11.7. The number of hydrogen-bond acceptors (Lipinski definition) is 11. The van der Waals surface area contributed by atoms with Gasteiger partial charge in [0.25, 0.3) is 7.52 Å². The fourth-order valence-corrected chi connectivity index (χ4v) is 5.81. The summed E-state index contributed by atoms with van der Waals surface area (Å²) in [5.74, 6) is -1.16. The highest BCUT2D eigenvalue weighted by Crippen LogP contribution is 2.46. The van der Waals surface area contributed by atoms with E-state index in [2.05, 4.69) is 20.0 Å². The molecule has 3 rings (SSSR count). The second-order valence-electron chi connectivity index (χ2n) is 10.3. The van der Waals surface area contributed by atoms with Crippen LogP contribution in [0.5, 0.6) is 0 Å². The third kappa shape index (κ3) is 9.10. The number of carbonyl (C=O) groups excluding carboxylic acids is 2. The predicted octanol–water partition coefficient (Wildman–Crippen LogP) is 3.86. The number of esters is 1. The lowest BCUT2D eigenvalue weighted by molar-refractivity contribution is -0.114. The first-order valence-corrected chi connectivity index (χ1v) is 15.3. The standard InChI is InChI=1S/C27H38FN6O7P/c1-6-9-38-14-27(5,13-35)33-42(37,40-12-20-7-8-21(28)10-22(20)26(36)41-18(2)3)17-39-19(4)11-34-16-32-23-24(29)30-15-31-25(23)34/h7-8,10,13,15-16,18-19H,6,9,11-12,14,17H2,1-5H3,(H,33,37)(H2,29,30,31)/t19-,27?,42+/m1/s1. The molecule has 2 heterocycles. The van der Waals surface area contributed by atoms with Gasteiger partial charge in [-0.2, -0.15) is 0 Å². The number of imidazole rings is 1. The third-order valence-corrected chi connectivity index (χ3v) is 7.80. The number of ether oxygens (including phenoxy) is 3. The van der Waals surface area contributed by atoms with Gasteiger partial charge in [-0.15, -0.1) is 0 Å². The number of nitrogens with one attached hydrogen (secondary N) is 1. The molecule has 0 saturated carbocycles. The van der Waals surface area contributed by atoms with Crippen molar-refractivity contribution in [3.05, 3.63) is 47.8 Å². The highest BCUT2D eigenvalue weighted by Gasteiger charge is 2.36. The van der Waals surface area contributed by atoms with Crippen molar-refractivity contribution < 1.29 is 37.3 Å². The molecule has 13 nitrogen and oxygen atoms in total. The van der Waals surface area contributed by atoms with Crippen LogP contribution in [0.2, 0.25) is 0 Å². The molecule has 0 aliphatic carbocycles. The number of nitrogens with zero attached hydrogens (tertiary/aromatic N) is 4. The number of anilines is 1. The fourth-order valence-electron chi connectivity index (χ4n) is 3.92. The Bertz CT molecular complexity index is 1420. The number of aldehydes is 1. The van der Waals surface area contributed by atoms with E-state index in [1.165, 1.54) is 19.3 Å². The zero-order valence-corrected chi connectivity index (χ0v) is 25.3. The van der Waals surface area contributed by atoms with Gasteiger partial charge in [0.2, 0.25) is 0 Å². The molecular weight excluding hydrogens is 570 g/mol.